The second-order valence-corrected chi connectivity index (χ2v) is 6.06. The maximum absolute atomic E-state index is 11.0. The molecule has 1 aliphatic rings. The van der Waals surface area contributed by atoms with Gasteiger partial charge in [-0.3, -0.25) is 4.79 Å². The normalized spacial score (nSPS) is 17.5. The molecule has 2 aromatic rings. The molecular formula is C18H24ClN3O2. The van der Waals surface area contributed by atoms with Crippen molar-refractivity contribution in [3.8, 4) is 17.0 Å². The number of hydrogen-bond acceptors (Lipinski definition) is 4. The van der Waals surface area contributed by atoms with Crippen LogP contribution in [0.3, 0.4) is 0 Å². The number of ether oxygens (including phenoxy) is 1. The standard InChI is InChI=1S/C18H23N3O2.ClH/c1-14-4-2-11-21(14)12-3-13-23-16-7-5-15(6-8-16)17-9-10-18(22)20-19-17;/h5-10,14H,2-4,11-13H2,1H3,(H,20,22);1H/t14-;/m1./s1. The quantitative estimate of drug-likeness (QED) is 0.814. The lowest BCUT2D eigenvalue weighted by atomic mass is 10.1. The van der Waals surface area contributed by atoms with Crippen molar-refractivity contribution in [1.82, 2.24) is 15.1 Å². The highest BCUT2D eigenvalue weighted by Crippen LogP contribution is 2.20. The molecule has 1 aromatic carbocycles. The molecule has 1 fully saturated rings. The summed E-state index contributed by atoms with van der Waals surface area (Å²) in [5.41, 5.74) is 1.51. The van der Waals surface area contributed by atoms with E-state index in [9.17, 15) is 4.79 Å². The molecule has 1 N–H and O–H groups in total. The zero-order valence-electron chi connectivity index (χ0n) is 13.9. The van der Waals surface area contributed by atoms with Crippen LogP contribution in [0.1, 0.15) is 26.2 Å². The predicted molar refractivity (Wildman–Crippen MR) is 97.9 cm³/mol. The molecule has 0 saturated carbocycles. The molecule has 0 radical (unpaired) electrons. The van der Waals surface area contributed by atoms with Gasteiger partial charge in [-0.2, -0.15) is 5.10 Å². The molecule has 3 rings (SSSR count). The predicted octanol–water partition coefficient (Wildman–Crippen LogP) is 3.11. The molecule has 130 valence electrons. The number of aromatic amines is 1. The number of rotatable bonds is 6. The van der Waals surface area contributed by atoms with Crippen LogP contribution >= 0.6 is 12.4 Å². The number of benzene rings is 1. The maximum atomic E-state index is 11.0. The van der Waals surface area contributed by atoms with E-state index in [1.807, 2.05) is 24.3 Å². The third-order valence-electron chi connectivity index (χ3n) is 4.38. The molecule has 1 aromatic heterocycles. The molecule has 24 heavy (non-hydrogen) atoms. The third kappa shape index (κ3) is 4.82. The summed E-state index contributed by atoms with van der Waals surface area (Å²) < 4.78 is 5.81. The fourth-order valence-electron chi connectivity index (χ4n) is 3.01. The lowest BCUT2D eigenvalue weighted by Crippen LogP contribution is -2.28. The van der Waals surface area contributed by atoms with Crippen LogP contribution < -0.4 is 10.3 Å². The third-order valence-corrected chi connectivity index (χ3v) is 4.38. The minimum atomic E-state index is -0.193. The molecule has 0 unspecified atom stereocenters. The van der Waals surface area contributed by atoms with E-state index >= 15 is 0 Å². The van der Waals surface area contributed by atoms with Gasteiger partial charge in [0.15, 0.2) is 0 Å². The van der Waals surface area contributed by atoms with Gasteiger partial charge >= 0.3 is 0 Å². The average Bonchev–Trinajstić information content (AvgIpc) is 2.98. The maximum Gasteiger partial charge on any atom is 0.264 e. The summed E-state index contributed by atoms with van der Waals surface area (Å²) >= 11 is 0. The van der Waals surface area contributed by atoms with E-state index in [-0.39, 0.29) is 18.0 Å². The molecule has 0 spiro atoms. The van der Waals surface area contributed by atoms with Crippen LogP contribution in [-0.2, 0) is 0 Å². The van der Waals surface area contributed by atoms with E-state index in [1.54, 1.807) is 6.07 Å². The molecule has 0 amide bonds. The van der Waals surface area contributed by atoms with Gasteiger partial charge < -0.3 is 9.64 Å². The van der Waals surface area contributed by atoms with Gasteiger partial charge in [-0.1, -0.05) is 0 Å². The van der Waals surface area contributed by atoms with Crippen LogP contribution in [0.4, 0.5) is 0 Å². The second-order valence-electron chi connectivity index (χ2n) is 6.06. The Balaban J connectivity index is 0.00000208. The van der Waals surface area contributed by atoms with Crippen LogP contribution in [-0.4, -0.2) is 40.8 Å². The smallest absolute Gasteiger partial charge is 0.264 e. The molecule has 0 bridgehead atoms. The fraction of sp³-hybridized carbons (Fsp3) is 0.444. The first-order chi connectivity index (χ1) is 11.2. The summed E-state index contributed by atoms with van der Waals surface area (Å²) in [5.74, 6) is 0.868. The van der Waals surface area contributed by atoms with Crippen molar-refractivity contribution in [1.29, 1.82) is 0 Å². The minimum absolute atomic E-state index is 0. The first-order valence-electron chi connectivity index (χ1n) is 8.25. The van der Waals surface area contributed by atoms with Crippen LogP contribution in [0.15, 0.2) is 41.2 Å². The summed E-state index contributed by atoms with van der Waals surface area (Å²) in [5, 5.41) is 6.46. The Bertz CT molecular complexity index is 667. The minimum Gasteiger partial charge on any atom is -0.494 e. The van der Waals surface area contributed by atoms with Crippen LogP contribution in [0.5, 0.6) is 5.75 Å². The van der Waals surface area contributed by atoms with Gasteiger partial charge in [0.2, 0.25) is 0 Å². The Morgan fingerprint density at radius 2 is 2.04 bits per heavy atom. The van der Waals surface area contributed by atoms with Crippen molar-refractivity contribution in [3.05, 3.63) is 46.8 Å². The Morgan fingerprint density at radius 1 is 1.25 bits per heavy atom. The largest absolute Gasteiger partial charge is 0.494 e. The number of halogens is 1. The molecule has 1 atom stereocenters. The Hall–Kier alpha value is -1.85. The van der Waals surface area contributed by atoms with E-state index in [0.29, 0.717) is 0 Å². The highest BCUT2D eigenvalue weighted by Gasteiger charge is 2.18. The van der Waals surface area contributed by atoms with Gasteiger partial charge in [0, 0.05) is 24.2 Å². The number of nitrogens with one attached hydrogen (secondary N) is 1. The lowest BCUT2D eigenvalue weighted by molar-refractivity contribution is 0.230. The summed E-state index contributed by atoms with van der Waals surface area (Å²) in [6, 6.07) is 11.7. The molecular weight excluding hydrogens is 326 g/mol. The van der Waals surface area contributed by atoms with Crippen molar-refractivity contribution < 1.29 is 4.74 Å². The number of H-pyrrole nitrogens is 1. The van der Waals surface area contributed by atoms with Crippen molar-refractivity contribution >= 4 is 12.4 Å². The van der Waals surface area contributed by atoms with Crippen LogP contribution in [0.25, 0.3) is 11.3 Å². The second kappa shape index (κ2) is 8.85. The highest BCUT2D eigenvalue weighted by molar-refractivity contribution is 5.85. The summed E-state index contributed by atoms with van der Waals surface area (Å²) in [6.45, 7) is 5.37. The van der Waals surface area contributed by atoms with Gasteiger partial charge in [0.25, 0.3) is 5.56 Å². The van der Waals surface area contributed by atoms with E-state index in [1.165, 1.54) is 25.5 Å². The fourth-order valence-corrected chi connectivity index (χ4v) is 3.01. The van der Waals surface area contributed by atoms with Gasteiger partial charge in [0.05, 0.1) is 12.3 Å². The zero-order valence-corrected chi connectivity index (χ0v) is 14.7. The number of likely N-dealkylation sites (tertiary alicyclic amines) is 1. The van der Waals surface area contributed by atoms with Gasteiger partial charge in [0.1, 0.15) is 5.75 Å². The van der Waals surface area contributed by atoms with Crippen molar-refractivity contribution in [2.45, 2.75) is 32.2 Å². The first-order valence-corrected chi connectivity index (χ1v) is 8.25. The monoisotopic (exact) mass is 349 g/mol. The molecule has 1 aliphatic heterocycles. The van der Waals surface area contributed by atoms with Crippen molar-refractivity contribution in [3.63, 3.8) is 0 Å². The highest BCUT2D eigenvalue weighted by atomic mass is 35.5. The molecule has 5 nitrogen and oxygen atoms in total. The van der Waals surface area contributed by atoms with Crippen molar-refractivity contribution in [2.75, 3.05) is 19.7 Å². The summed E-state index contributed by atoms with van der Waals surface area (Å²) in [6.07, 6.45) is 3.69. The Labute approximate surface area is 148 Å². The number of nitrogens with zero attached hydrogens (tertiary/aromatic N) is 2. The average molecular weight is 350 g/mol. The summed E-state index contributed by atoms with van der Waals surface area (Å²) in [4.78, 5) is 13.6. The van der Waals surface area contributed by atoms with Crippen LogP contribution in [0.2, 0.25) is 0 Å². The molecule has 0 aliphatic carbocycles. The number of hydrogen-bond donors (Lipinski definition) is 1. The SMILES string of the molecule is C[C@@H]1CCCN1CCCOc1ccc(-c2ccc(=O)[nH]n2)cc1.Cl. The first kappa shape index (κ1) is 18.5. The number of aromatic nitrogens is 2. The van der Waals surface area contributed by atoms with Crippen LogP contribution in [0, 0.1) is 0 Å². The Morgan fingerprint density at radius 3 is 2.67 bits per heavy atom. The molecule has 1 saturated heterocycles. The van der Waals surface area contributed by atoms with Gasteiger partial charge in [-0.05, 0) is 63.1 Å². The van der Waals surface area contributed by atoms with E-state index in [0.717, 1.165) is 42.6 Å². The summed E-state index contributed by atoms with van der Waals surface area (Å²) in [7, 11) is 0. The zero-order chi connectivity index (χ0) is 16.1. The van der Waals surface area contributed by atoms with Gasteiger partial charge in [-0.15, -0.1) is 12.4 Å². The molecule has 2 heterocycles. The van der Waals surface area contributed by atoms with E-state index in [4.69, 9.17) is 4.74 Å². The lowest BCUT2D eigenvalue weighted by Gasteiger charge is -2.20. The molecule has 6 heteroatoms. The van der Waals surface area contributed by atoms with Crippen molar-refractivity contribution in [2.24, 2.45) is 0 Å². The van der Waals surface area contributed by atoms with E-state index < -0.39 is 0 Å². The van der Waals surface area contributed by atoms with E-state index in [2.05, 4.69) is 22.0 Å². The van der Waals surface area contributed by atoms with Gasteiger partial charge in [-0.25, -0.2) is 5.10 Å². The Kier molecular flexibility index (Phi) is 6.82. The topological polar surface area (TPSA) is 58.2 Å².